The van der Waals surface area contributed by atoms with Crippen molar-refractivity contribution in [3.63, 3.8) is 0 Å². The van der Waals surface area contributed by atoms with Gasteiger partial charge in [0.05, 0.1) is 0 Å². The van der Waals surface area contributed by atoms with Gasteiger partial charge >= 0.3 is 0 Å². The second kappa shape index (κ2) is 16.3. The molecule has 0 aliphatic rings. The first-order valence-corrected chi connectivity index (χ1v) is 19.7. The van der Waals surface area contributed by atoms with Gasteiger partial charge in [-0.15, -0.1) is 0 Å². The van der Waals surface area contributed by atoms with Crippen molar-refractivity contribution < 1.29 is 0 Å². The van der Waals surface area contributed by atoms with E-state index in [4.69, 9.17) is 29.9 Å². The molecule has 0 amide bonds. The Morgan fingerprint density at radius 1 is 0.200 bits per heavy atom. The zero-order valence-electron chi connectivity index (χ0n) is 32.3. The Bertz CT molecular complexity index is 2950. The highest BCUT2D eigenvalue weighted by molar-refractivity contribution is 5.93. The Hall–Kier alpha value is -8.29. The summed E-state index contributed by atoms with van der Waals surface area (Å²) in [5, 5.41) is 0. The Morgan fingerprint density at radius 2 is 0.600 bits per heavy atom. The molecule has 0 unspecified atom stereocenters. The fourth-order valence-corrected chi connectivity index (χ4v) is 7.35. The molecule has 7 aromatic carbocycles. The van der Waals surface area contributed by atoms with Gasteiger partial charge < -0.3 is 0 Å². The quantitative estimate of drug-likeness (QED) is 0.144. The molecule has 0 radical (unpaired) electrons. The number of pyridine rings is 1. The lowest BCUT2D eigenvalue weighted by Gasteiger charge is -2.17. The van der Waals surface area contributed by atoms with Crippen molar-refractivity contribution in [2.45, 2.75) is 0 Å². The third-order valence-electron chi connectivity index (χ3n) is 10.3. The molecular formula is C53H35N7. The van der Waals surface area contributed by atoms with Crippen molar-refractivity contribution >= 4 is 0 Å². The lowest BCUT2D eigenvalue weighted by Crippen LogP contribution is -2.01. The molecule has 10 rings (SSSR count). The zero-order valence-corrected chi connectivity index (χ0v) is 32.3. The molecule has 0 aliphatic carbocycles. The molecule has 282 valence electrons. The van der Waals surface area contributed by atoms with Gasteiger partial charge in [0.2, 0.25) is 0 Å². The molecular weight excluding hydrogens is 735 g/mol. The van der Waals surface area contributed by atoms with Gasteiger partial charge in [0.1, 0.15) is 0 Å². The Morgan fingerprint density at radius 3 is 1.10 bits per heavy atom. The molecule has 0 aliphatic heterocycles. The van der Waals surface area contributed by atoms with Gasteiger partial charge in [-0.05, 0) is 57.6 Å². The molecule has 7 nitrogen and oxygen atoms in total. The highest BCUT2D eigenvalue weighted by atomic mass is 15.0. The second-order valence-corrected chi connectivity index (χ2v) is 14.2. The normalized spacial score (nSPS) is 11.0. The van der Waals surface area contributed by atoms with Gasteiger partial charge in [-0.25, -0.2) is 29.9 Å². The van der Waals surface area contributed by atoms with E-state index in [2.05, 4.69) is 65.6 Å². The van der Waals surface area contributed by atoms with Crippen LogP contribution in [0.25, 0.3) is 102 Å². The highest BCUT2D eigenvalue weighted by Gasteiger charge is 2.20. The van der Waals surface area contributed by atoms with E-state index in [-0.39, 0.29) is 0 Å². The maximum atomic E-state index is 5.14. The molecule has 0 spiro atoms. The number of rotatable bonds is 9. The predicted molar refractivity (Wildman–Crippen MR) is 240 cm³/mol. The molecule has 0 saturated heterocycles. The number of hydrogen-bond acceptors (Lipinski definition) is 7. The van der Waals surface area contributed by atoms with E-state index in [1.54, 1.807) is 0 Å². The minimum atomic E-state index is 0.583. The Kier molecular flexibility index (Phi) is 9.79. The van der Waals surface area contributed by atoms with Crippen molar-refractivity contribution in [3.8, 4) is 102 Å². The number of hydrogen-bond donors (Lipinski definition) is 0. The van der Waals surface area contributed by atoms with Crippen LogP contribution in [0.1, 0.15) is 0 Å². The zero-order chi connectivity index (χ0) is 40.1. The van der Waals surface area contributed by atoms with E-state index in [0.717, 1.165) is 66.8 Å². The van der Waals surface area contributed by atoms with Gasteiger partial charge in [-0.1, -0.05) is 176 Å². The van der Waals surface area contributed by atoms with Gasteiger partial charge in [0, 0.05) is 45.8 Å². The minimum Gasteiger partial charge on any atom is -0.265 e. The van der Waals surface area contributed by atoms with Crippen LogP contribution in [0.5, 0.6) is 0 Å². The molecule has 0 fully saturated rings. The average Bonchev–Trinajstić information content (AvgIpc) is 3.35. The highest BCUT2D eigenvalue weighted by Crippen LogP contribution is 2.41. The molecule has 3 aromatic heterocycles. The maximum absolute atomic E-state index is 5.14. The van der Waals surface area contributed by atoms with Crippen molar-refractivity contribution in [1.82, 2.24) is 34.9 Å². The summed E-state index contributed by atoms with van der Waals surface area (Å²) in [5.74, 6) is 3.61. The maximum Gasteiger partial charge on any atom is 0.164 e. The van der Waals surface area contributed by atoms with Crippen LogP contribution in [-0.2, 0) is 0 Å². The number of benzene rings is 7. The largest absolute Gasteiger partial charge is 0.265 e. The lowest BCUT2D eigenvalue weighted by atomic mass is 9.88. The smallest absolute Gasteiger partial charge is 0.164 e. The predicted octanol–water partition coefficient (Wildman–Crippen LogP) is 12.5. The standard InChI is InChI=1S/C53H35N7/c1-5-16-37(17-6-1)48-55-49(38-18-7-2-8-19-38)58-52(57-48)43-25-15-24-42(34-43)44-29-28-41(36-30-32-54-33-31-36)35-47(44)45-26-13-14-27-46(45)53-59-50(39-20-9-3-10-21-39)56-51(60-53)40-22-11-4-12-23-40/h1-35H. The summed E-state index contributed by atoms with van der Waals surface area (Å²) in [7, 11) is 0. The molecule has 0 saturated carbocycles. The topological polar surface area (TPSA) is 90.2 Å². The van der Waals surface area contributed by atoms with E-state index >= 15 is 0 Å². The van der Waals surface area contributed by atoms with Crippen LogP contribution in [0.2, 0.25) is 0 Å². The van der Waals surface area contributed by atoms with E-state index in [1.165, 1.54) is 0 Å². The third-order valence-corrected chi connectivity index (χ3v) is 10.3. The summed E-state index contributed by atoms with van der Waals surface area (Å²) in [4.78, 5) is 34.5. The molecule has 7 heteroatoms. The van der Waals surface area contributed by atoms with E-state index < -0.39 is 0 Å². The van der Waals surface area contributed by atoms with Crippen LogP contribution >= 0.6 is 0 Å². The molecule has 0 N–H and O–H groups in total. The van der Waals surface area contributed by atoms with Gasteiger partial charge in [-0.2, -0.15) is 0 Å². The van der Waals surface area contributed by atoms with Crippen LogP contribution in [0.4, 0.5) is 0 Å². The van der Waals surface area contributed by atoms with Crippen LogP contribution in [0, 0.1) is 0 Å². The van der Waals surface area contributed by atoms with Gasteiger partial charge in [0.15, 0.2) is 34.9 Å². The summed E-state index contributed by atoms with van der Waals surface area (Å²) in [5.41, 5.74) is 11.6. The van der Waals surface area contributed by atoms with Crippen molar-refractivity contribution in [2.75, 3.05) is 0 Å². The molecule has 10 aromatic rings. The molecule has 0 bridgehead atoms. The third kappa shape index (κ3) is 7.46. The van der Waals surface area contributed by atoms with E-state index in [9.17, 15) is 0 Å². The van der Waals surface area contributed by atoms with Crippen molar-refractivity contribution in [3.05, 3.63) is 213 Å². The number of nitrogens with zero attached hydrogens (tertiary/aromatic N) is 7. The van der Waals surface area contributed by atoms with Crippen molar-refractivity contribution in [2.24, 2.45) is 0 Å². The number of aromatic nitrogens is 7. The minimum absolute atomic E-state index is 0.583. The van der Waals surface area contributed by atoms with E-state index in [0.29, 0.717) is 34.9 Å². The lowest BCUT2D eigenvalue weighted by molar-refractivity contribution is 1.07. The summed E-state index contributed by atoms with van der Waals surface area (Å²) in [6, 6.07) is 67.6. The van der Waals surface area contributed by atoms with Gasteiger partial charge in [-0.3, -0.25) is 4.98 Å². The summed E-state index contributed by atoms with van der Waals surface area (Å²) in [6.07, 6.45) is 3.65. The summed E-state index contributed by atoms with van der Waals surface area (Å²) in [6.45, 7) is 0. The van der Waals surface area contributed by atoms with Crippen LogP contribution in [0.15, 0.2) is 213 Å². The Labute approximate surface area is 347 Å². The first-order chi connectivity index (χ1) is 29.7. The van der Waals surface area contributed by atoms with Crippen LogP contribution in [0.3, 0.4) is 0 Å². The molecule has 3 heterocycles. The average molecular weight is 770 g/mol. The summed E-state index contributed by atoms with van der Waals surface area (Å²) >= 11 is 0. The fraction of sp³-hybridized carbons (Fsp3) is 0. The van der Waals surface area contributed by atoms with Crippen molar-refractivity contribution in [1.29, 1.82) is 0 Å². The fourth-order valence-electron chi connectivity index (χ4n) is 7.35. The molecule has 0 atom stereocenters. The SMILES string of the molecule is c1ccc(-c2nc(-c3ccccc3)nc(-c3cccc(-c4ccc(-c5ccncc5)cc4-c4ccccc4-c4nc(-c5ccccc5)nc(-c5ccccc5)n4)c3)n2)cc1. The van der Waals surface area contributed by atoms with Crippen LogP contribution < -0.4 is 0 Å². The van der Waals surface area contributed by atoms with Crippen LogP contribution in [-0.4, -0.2) is 34.9 Å². The van der Waals surface area contributed by atoms with Gasteiger partial charge in [0.25, 0.3) is 0 Å². The first kappa shape index (κ1) is 36.1. The monoisotopic (exact) mass is 769 g/mol. The second-order valence-electron chi connectivity index (χ2n) is 14.2. The Balaban J connectivity index is 1.16. The summed E-state index contributed by atoms with van der Waals surface area (Å²) < 4.78 is 0. The van der Waals surface area contributed by atoms with E-state index in [1.807, 2.05) is 152 Å². The molecule has 60 heavy (non-hydrogen) atoms. The first-order valence-electron chi connectivity index (χ1n) is 19.7.